The van der Waals surface area contributed by atoms with Crippen molar-refractivity contribution < 1.29 is 9.53 Å². The minimum atomic E-state index is -0.429. The number of nitriles is 1. The summed E-state index contributed by atoms with van der Waals surface area (Å²) >= 11 is 0. The van der Waals surface area contributed by atoms with Crippen molar-refractivity contribution in [2.75, 3.05) is 5.32 Å². The second kappa shape index (κ2) is 9.38. The van der Waals surface area contributed by atoms with Crippen LogP contribution < -0.4 is 10.1 Å². The van der Waals surface area contributed by atoms with Crippen LogP contribution in [-0.4, -0.2) is 5.91 Å². The van der Waals surface area contributed by atoms with Gasteiger partial charge in [0.15, 0.2) is 0 Å². The minimum Gasteiger partial charge on any atom is -0.489 e. The summed E-state index contributed by atoms with van der Waals surface area (Å²) in [6, 6.07) is 24.9. The number of nitrogens with zero attached hydrogens (tertiary/aromatic N) is 1. The van der Waals surface area contributed by atoms with Gasteiger partial charge in [0.25, 0.3) is 5.91 Å². The maximum absolute atomic E-state index is 12.4. The lowest BCUT2D eigenvalue weighted by Crippen LogP contribution is -2.14. The van der Waals surface area contributed by atoms with Crippen LogP contribution in [0.1, 0.15) is 22.3 Å². The zero-order valence-corrected chi connectivity index (χ0v) is 16.5. The predicted molar refractivity (Wildman–Crippen MR) is 115 cm³/mol. The van der Waals surface area contributed by atoms with Gasteiger partial charge in [-0.05, 0) is 54.8 Å². The number of nitrogens with one attached hydrogen (secondary N) is 1. The maximum Gasteiger partial charge on any atom is 0.266 e. The smallest absolute Gasteiger partial charge is 0.266 e. The van der Waals surface area contributed by atoms with Gasteiger partial charge in [-0.3, -0.25) is 4.79 Å². The van der Waals surface area contributed by atoms with Crippen LogP contribution in [-0.2, 0) is 11.4 Å². The van der Waals surface area contributed by atoms with Crippen LogP contribution >= 0.6 is 0 Å². The number of hydrogen-bond acceptors (Lipinski definition) is 3. The fraction of sp³-hybridized carbons (Fsp3) is 0.120. The molecule has 0 unspecified atom stereocenters. The third-order valence-electron chi connectivity index (χ3n) is 4.48. The van der Waals surface area contributed by atoms with Gasteiger partial charge in [0.1, 0.15) is 24.0 Å². The first-order chi connectivity index (χ1) is 14.0. The number of anilines is 1. The van der Waals surface area contributed by atoms with Crippen LogP contribution in [0.2, 0.25) is 0 Å². The van der Waals surface area contributed by atoms with Crippen LogP contribution in [0.4, 0.5) is 5.69 Å². The molecule has 4 heteroatoms. The second-order valence-electron chi connectivity index (χ2n) is 6.78. The lowest BCUT2D eigenvalue weighted by atomic mass is 10.1. The Morgan fingerprint density at radius 3 is 2.34 bits per heavy atom. The SMILES string of the molecule is Cc1ccc(COc2ccc(/C=C(/C#N)C(=O)Nc3ccccc3C)cc2)cc1. The molecule has 0 heterocycles. The van der Waals surface area contributed by atoms with E-state index in [0.717, 1.165) is 22.4 Å². The number of rotatable bonds is 6. The molecule has 0 fully saturated rings. The van der Waals surface area contributed by atoms with Gasteiger partial charge in [0, 0.05) is 5.69 Å². The van der Waals surface area contributed by atoms with E-state index in [1.165, 1.54) is 5.56 Å². The second-order valence-corrected chi connectivity index (χ2v) is 6.78. The van der Waals surface area contributed by atoms with Crippen LogP contribution in [0, 0.1) is 25.2 Å². The Bertz CT molecular complexity index is 1060. The van der Waals surface area contributed by atoms with Gasteiger partial charge in [0.2, 0.25) is 0 Å². The van der Waals surface area contributed by atoms with Crippen molar-refractivity contribution in [1.82, 2.24) is 0 Å². The number of aryl methyl sites for hydroxylation is 2. The molecule has 0 aromatic heterocycles. The predicted octanol–water partition coefficient (Wildman–Crippen LogP) is 5.43. The van der Waals surface area contributed by atoms with Crippen molar-refractivity contribution in [1.29, 1.82) is 5.26 Å². The van der Waals surface area contributed by atoms with Crippen LogP contribution in [0.3, 0.4) is 0 Å². The van der Waals surface area contributed by atoms with Crippen LogP contribution in [0.5, 0.6) is 5.75 Å². The van der Waals surface area contributed by atoms with Gasteiger partial charge < -0.3 is 10.1 Å². The number of hydrogen-bond donors (Lipinski definition) is 1. The number of carbonyl (C=O) groups is 1. The maximum atomic E-state index is 12.4. The highest BCUT2D eigenvalue weighted by Crippen LogP contribution is 2.18. The quantitative estimate of drug-likeness (QED) is 0.457. The molecule has 0 aliphatic rings. The number of benzene rings is 3. The molecule has 0 saturated carbocycles. The van der Waals surface area contributed by atoms with E-state index < -0.39 is 5.91 Å². The highest BCUT2D eigenvalue weighted by atomic mass is 16.5. The topological polar surface area (TPSA) is 62.1 Å². The van der Waals surface area contributed by atoms with Crippen molar-refractivity contribution >= 4 is 17.7 Å². The number of carbonyl (C=O) groups excluding carboxylic acids is 1. The molecular weight excluding hydrogens is 360 g/mol. The molecule has 1 N–H and O–H groups in total. The zero-order valence-electron chi connectivity index (χ0n) is 16.5. The summed E-state index contributed by atoms with van der Waals surface area (Å²) in [6.07, 6.45) is 1.57. The Morgan fingerprint density at radius 1 is 1.00 bits per heavy atom. The van der Waals surface area contributed by atoms with Crippen LogP contribution in [0.15, 0.2) is 78.4 Å². The molecule has 0 aliphatic carbocycles. The standard InChI is InChI=1S/C25H22N2O2/c1-18-7-9-21(10-8-18)17-29-23-13-11-20(12-14-23)15-22(16-26)25(28)27-24-6-4-3-5-19(24)2/h3-15H,17H2,1-2H3,(H,27,28)/b22-15-. The Kier molecular flexibility index (Phi) is 6.44. The fourth-order valence-corrected chi connectivity index (χ4v) is 2.73. The molecule has 0 radical (unpaired) electrons. The average molecular weight is 382 g/mol. The summed E-state index contributed by atoms with van der Waals surface area (Å²) < 4.78 is 5.79. The Labute approximate surface area is 171 Å². The molecule has 0 spiro atoms. The van der Waals surface area contributed by atoms with Gasteiger partial charge in [-0.25, -0.2) is 0 Å². The van der Waals surface area contributed by atoms with Crippen molar-refractivity contribution in [3.8, 4) is 11.8 Å². The summed E-state index contributed by atoms with van der Waals surface area (Å²) in [5, 5.41) is 12.2. The summed E-state index contributed by atoms with van der Waals surface area (Å²) in [5.41, 5.74) is 4.74. The first-order valence-corrected chi connectivity index (χ1v) is 9.32. The first kappa shape index (κ1) is 19.9. The van der Waals surface area contributed by atoms with Gasteiger partial charge in [-0.1, -0.05) is 60.2 Å². The van der Waals surface area contributed by atoms with E-state index >= 15 is 0 Å². The monoisotopic (exact) mass is 382 g/mol. The van der Waals surface area contributed by atoms with Gasteiger partial charge >= 0.3 is 0 Å². The molecule has 29 heavy (non-hydrogen) atoms. The Balaban J connectivity index is 1.65. The van der Waals surface area contributed by atoms with E-state index in [9.17, 15) is 10.1 Å². The molecule has 0 aliphatic heterocycles. The molecule has 0 bridgehead atoms. The summed E-state index contributed by atoms with van der Waals surface area (Å²) in [7, 11) is 0. The molecule has 1 amide bonds. The average Bonchev–Trinajstić information content (AvgIpc) is 2.74. The Hall–Kier alpha value is -3.84. The normalized spacial score (nSPS) is 10.9. The largest absolute Gasteiger partial charge is 0.489 e. The lowest BCUT2D eigenvalue weighted by Gasteiger charge is -2.08. The van der Waals surface area contributed by atoms with E-state index in [2.05, 4.69) is 17.4 Å². The van der Waals surface area contributed by atoms with E-state index in [4.69, 9.17) is 4.74 Å². The molecule has 0 atom stereocenters. The van der Waals surface area contributed by atoms with Crippen molar-refractivity contribution in [3.05, 3.63) is 101 Å². The highest BCUT2D eigenvalue weighted by Gasteiger charge is 2.10. The zero-order chi connectivity index (χ0) is 20.6. The first-order valence-electron chi connectivity index (χ1n) is 9.32. The van der Waals surface area contributed by atoms with Gasteiger partial charge in [-0.15, -0.1) is 0 Å². The lowest BCUT2D eigenvalue weighted by molar-refractivity contribution is -0.112. The molecule has 3 rings (SSSR count). The number of para-hydroxylation sites is 1. The van der Waals surface area contributed by atoms with Gasteiger partial charge in [0.05, 0.1) is 0 Å². The van der Waals surface area contributed by atoms with Crippen LogP contribution in [0.25, 0.3) is 6.08 Å². The molecular formula is C25H22N2O2. The third kappa shape index (κ3) is 5.57. The molecule has 4 nitrogen and oxygen atoms in total. The van der Waals surface area contributed by atoms with Crippen molar-refractivity contribution in [3.63, 3.8) is 0 Å². The Morgan fingerprint density at radius 2 is 1.69 bits per heavy atom. The molecule has 0 saturated heterocycles. The number of amides is 1. The summed E-state index contributed by atoms with van der Waals surface area (Å²) in [6.45, 7) is 4.44. The fourth-order valence-electron chi connectivity index (χ4n) is 2.73. The van der Waals surface area contributed by atoms with Crippen molar-refractivity contribution in [2.24, 2.45) is 0 Å². The van der Waals surface area contributed by atoms with E-state index in [0.29, 0.717) is 12.3 Å². The van der Waals surface area contributed by atoms with E-state index in [1.54, 1.807) is 6.08 Å². The minimum absolute atomic E-state index is 0.0431. The van der Waals surface area contributed by atoms with E-state index in [-0.39, 0.29) is 5.57 Å². The number of ether oxygens (including phenoxy) is 1. The third-order valence-corrected chi connectivity index (χ3v) is 4.48. The highest BCUT2D eigenvalue weighted by molar-refractivity contribution is 6.09. The van der Waals surface area contributed by atoms with Crippen molar-refractivity contribution in [2.45, 2.75) is 20.5 Å². The molecule has 3 aromatic rings. The summed E-state index contributed by atoms with van der Waals surface area (Å²) in [5.74, 6) is 0.298. The molecule has 3 aromatic carbocycles. The molecule has 144 valence electrons. The van der Waals surface area contributed by atoms with E-state index in [1.807, 2.05) is 80.6 Å². The summed E-state index contributed by atoms with van der Waals surface area (Å²) in [4.78, 5) is 12.4. The van der Waals surface area contributed by atoms with Gasteiger partial charge in [-0.2, -0.15) is 5.26 Å².